The SMILES string of the molecule is C[C@H]1CN(c2cccc(Br)c2OCC(O[Si](C)(C)C(C)(C)C)c2ccc(Cl)cc2)CCN1C(=O)OC(C)(C)C. The summed E-state index contributed by atoms with van der Waals surface area (Å²) < 4.78 is 19.9. The Hall–Kier alpha value is -1.74. The van der Waals surface area contributed by atoms with Crippen molar-refractivity contribution in [1.82, 2.24) is 4.90 Å². The van der Waals surface area contributed by atoms with E-state index in [9.17, 15) is 4.79 Å². The largest absolute Gasteiger partial charge is 0.487 e. The summed E-state index contributed by atoms with van der Waals surface area (Å²) >= 11 is 9.91. The van der Waals surface area contributed by atoms with Crippen LogP contribution in [0.3, 0.4) is 0 Å². The zero-order valence-electron chi connectivity index (χ0n) is 24.8. The number of carbonyl (C=O) groups is 1. The molecule has 0 aliphatic carbocycles. The molecule has 39 heavy (non-hydrogen) atoms. The van der Waals surface area contributed by atoms with Crippen LogP contribution < -0.4 is 9.64 Å². The molecule has 1 unspecified atom stereocenters. The summed E-state index contributed by atoms with van der Waals surface area (Å²) in [6.07, 6.45) is -0.514. The van der Waals surface area contributed by atoms with Crippen LogP contribution in [0, 0.1) is 0 Å². The van der Waals surface area contributed by atoms with Gasteiger partial charge in [-0.1, -0.05) is 50.6 Å². The third-order valence-corrected chi connectivity index (χ3v) is 12.8. The van der Waals surface area contributed by atoms with E-state index in [1.165, 1.54) is 0 Å². The summed E-state index contributed by atoms with van der Waals surface area (Å²) in [4.78, 5) is 16.8. The maximum absolute atomic E-state index is 12.7. The van der Waals surface area contributed by atoms with Crippen molar-refractivity contribution in [2.24, 2.45) is 0 Å². The molecule has 0 radical (unpaired) electrons. The Labute approximate surface area is 249 Å². The van der Waals surface area contributed by atoms with E-state index in [-0.39, 0.29) is 23.3 Å². The molecule has 3 rings (SSSR count). The second-order valence-electron chi connectivity index (χ2n) is 12.8. The molecule has 2 aromatic rings. The smallest absolute Gasteiger partial charge is 0.410 e. The number of carbonyl (C=O) groups excluding carboxylic acids is 1. The summed E-state index contributed by atoms with van der Waals surface area (Å²) in [6, 6.07) is 13.9. The van der Waals surface area contributed by atoms with E-state index in [1.807, 2.05) is 62.1 Å². The minimum atomic E-state index is -2.09. The van der Waals surface area contributed by atoms with E-state index in [0.717, 1.165) is 21.5 Å². The van der Waals surface area contributed by atoms with Crippen molar-refractivity contribution in [1.29, 1.82) is 0 Å². The Balaban J connectivity index is 1.82. The normalized spacial score (nSPS) is 17.7. The van der Waals surface area contributed by atoms with Gasteiger partial charge in [0.1, 0.15) is 18.3 Å². The lowest BCUT2D eigenvalue weighted by atomic mass is 10.1. The van der Waals surface area contributed by atoms with Gasteiger partial charge in [-0.3, -0.25) is 0 Å². The van der Waals surface area contributed by atoms with Gasteiger partial charge >= 0.3 is 6.09 Å². The van der Waals surface area contributed by atoms with Crippen molar-refractivity contribution in [2.75, 3.05) is 31.1 Å². The van der Waals surface area contributed by atoms with Crippen LogP contribution in [-0.2, 0) is 9.16 Å². The van der Waals surface area contributed by atoms with Crippen molar-refractivity contribution < 1.29 is 18.7 Å². The Morgan fingerprint density at radius 2 is 1.72 bits per heavy atom. The summed E-state index contributed by atoms with van der Waals surface area (Å²) in [6.45, 7) is 21.2. The van der Waals surface area contributed by atoms with Gasteiger partial charge in [0.2, 0.25) is 0 Å². The highest BCUT2D eigenvalue weighted by Crippen LogP contribution is 2.41. The van der Waals surface area contributed by atoms with Gasteiger partial charge in [-0.2, -0.15) is 0 Å². The molecule has 1 saturated heterocycles. The molecule has 0 spiro atoms. The first-order valence-electron chi connectivity index (χ1n) is 13.6. The Morgan fingerprint density at radius 1 is 1.08 bits per heavy atom. The number of hydrogen-bond donors (Lipinski definition) is 0. The quantitative estimate of drug-likeness (QED) is 0.284. The summed E-state index contributed by atoms with van der Waals surface area (Å²) in [5, 5.41) is 0.749. The number of piperazine rings is 1. The second-order valence-corrected chi connectivity index (χ2v) is 18.8. The first-order valence-corrected chi connectivity index (χ1v) is 17.7. The van der Waals surface area contributed by atoms with Crippen molar-refractivity contribution in [3.05, 3.63) is 57.5 Å². The minimum Gasteiger partial charge on any atom is -0.487 e. The number of anilines is 1. The maximum atomic E-state index is 12.7. The van der Waals surface area contributed by atoms with E-state index in [1.54, 1.807) is 0 Å². The molecule has 1 aliphatic heterocycles. The zero-order valence-corrected chi connectivity index (χ0v) is 28.1. The van der Waals surface area contributed by atoms with Crippen molar-refractivity contribution in [2.45, 2.75) is 84.3 Å². The highest BCUT2D eigenvalue weighted by atomic mass is 79.9. The zero-order chi connectivity index (χ0) is 29.2. The Kier molecular flexibility index (Phi) is 10.1. The van der Waals surface area contributed by atoms with Gasteiger partial charge in [-0.05, 0) is 91.6 Å². The molecular weight excluding hydrogens is 596 g/mol. The molecule has 216 valence electrons. The lowest BCUT2D eigenvalue weighted by Gasteiger charge is -2.42. The maximum Gasteiger partial charge on any atom is 0.410 e. The molecular formula is C30H44BrClN2O4Si. The predicted octanol–water partition coefficient (Wildman–Crippen LogP) is 8.69. The fraction of sp³-hybridized carbons (Fsp3) is 0.567. The molecule has 2 atom stereocenters. The number of halogens is 2. The number of amides is 1. The second kappa shape index (κ2) is 12.4. The van der Waals surface area contributed by atoms with Gasteiger partial charge in [0.05, 0.1) is 10.2 Å². The number of benzene rings is 2. The van der Waals surface area contributed by atoms with Gasteiger partial charge in [0.15, 0.2) is 14.1 Å². The first-order chi connectivity index (χ1) is 18.0. The average Bonchev–Trinajstić information content (AvgIpc) is 2.80. The number of ether oxygens (including phenoxy) is 2. The molecule has 9 heteroatoms. The molecule has 0 aromatic heterocycles. The number of para-hydroxylation sites is 1. The first kappa shape index (κ1) is 31.8. The van der Waals surface area contributed by atoms with Crippen LogP contribution in [0.15, 0.2) is 46.9 Å². The van der Waals surface area contributed by atoms with Gasteiger partial charge in [0.25, 0.3) is 0 Å². The van der Waals surface area contributed by atoms with Gasteiger partial charge < -0.3 is 23.7 Å². The molecule has 0 bridgehead atoms. The summed E-state index contributed by atoms with van der Waals surface area (Å²) in [7, 11) is -2.09. The van der Waals surface area contributed by atoms with E-state index >= 15 is 0 Å². The van der Waals surface area contributed by atoms with E-state index in [0.29, 0.717) is 31.3 Å². The lowest BCUT2D eigenvalue weighted by molar-refractivity contribution is 0.0158. The van der Waals surface area contributed by atoms with E-state index in [4.69, 9.17) is 25.5 Å². The molecule has 1 aliphatic rings. The average molecular weight is 640 g/mol. The standard InChI is InChI=1S/C30H44BrClN2O4Si/c1-21-19-33(17-18-34(21)28(35)37-29(2,3)4)25-12-10-11-24(31)27(25)36-20-26(22-13-15-23(32)16-14-22)38-39(8,9)30(5,6)7/h10-16,21,26H,17-20H2,1-9H3/t21-,26?/m0/s1. The Bertz CT molecular complexity index is 1130. The third kappa shape index (κ3) is 8.38. The van der Waals surface area contributed by atoms with Crippen LogP contribution in [0.1, 0.15) is 60.1 Å². The molecule has 0 saturated carbocycles. The minimum absolute atomic E-state index is 0.0100. The van der Waals surface area contributed by atoms with Gasteiger partial charge in [-0.15, -0.1) is 0 Å². The monoisotopic (exact) mass is 638 g/mol. The van der Waals surface area contributed by atoms with E-state index in [2.05, 4.69) is 67.7 Å². The van der Waals surface area contributed by atoms with Crippen LogP contribution in [0.5, 0.6) is 5.75 Å². The van der Waals surface area contributed by atoms with Gasteiger partial charge in [-0.25, -0.2) is 4.79 Å². The third-order valence-electron chi connectivity index (χ3n) is 7.41. The predicted molar refractivity (Wildman–Crippen MR) is 167 cm³/mol. The fourth-order valence-electron chi connectivity index (χ4n) is 4.22. The van der Waals surface area contributed by atoms with Gasteiger partial charge in [0, 0.05) is 30.7 Å². The number of hydrogen-bond acceptors (Lipinski definition) is 5. The summed E-state index contributed by atoms with van der Waals surface area (Å²) in [5.74, 6) is 0.771. The van der Waals surface area contributed by atoms with Crippen molar-refractivity contribution in [3.8, 4) is 5.75 Å². The molecule has 1 amide bonds. The van der Waals surface area contributed by atoms with Crippen molar-refractivity contribution in [3.63, 3.8) is 0 Å². The Morgan fingerprint density at radius 3 is 2.28 bits per heavy atom. The molecule has 2 aromatic carbocycles. The molecule has 1 fully saturated rings. The fourth-order valence-corrected chi connectivity index (χ4v) is 6.09. The van der Waals surface area contributed by atoms with Crippen LogP contribution in [0.2, 0.25) is 23.2 Å². The summed E-state index contributed by atoms with van der Waals surface area (Å²) in [5.41, 5.74) is 1.51. The van der Waals surface area contributed by atoms with Crippen LogP contribution in [-0.4, -0.2) is 57.2 Å². The van der Waals surface area contributed by atoms with Crippen LogP contribution in [0.4, 0.5) is 10.5 Å². The molecule has 1 heterocycles. The van der Waals surface area contributed by atoms with Crippen LogP contribution in [0.25, 0.3) is 0 Å². The van der Waals surface area contributed by atoms with Crippen molar-refractivity contribution >= 4 is 47.6 Å². The topological polar surface area (TPSA) is 51.2 Å². The highest BCUT2D eigenvalue weighted by Gasteiger charge is 2.40. The molecule has 0 N–H and O–H groups in total. The number of nitrogens with zero attached hydrogens (tertiary/aromatic N) is 2. The van der Waals surface area contributed by atoms with Crippen LogP contribution >= 0.6 is 27.5 Å². The molecule has 6 nitrogen and oxygen atoms in total. The number of rotatable bonds is 7. The lowest BCUT2D eigenvalue weighted by Crippen LogP contribution is -2.55. The highest BCUT2D eigenvalue weighted by molar-refractivity contribution is 9.10. The van der Waals surface area contributed by atoms with E-state index < -0.39 is 13.9 Å².